The minimum atomic E-state index is -0.482. The molecule has 1 aliphatic rings. The van der Waals surface area contributed by atoms with Crippen molar-refractivity contribution in [2.45, 2.75) is 39.8 Å². The lowest BCUT2D eigenvalue weighted by Crippen LogP contribution is -2.39. The van der Waals surface area contributed by atoms with Crippen LogP contribution in [-0.2, 0) is 19.1 Å². The Morgan fingerprint density at radius 1 is 0.842 bits per heavy atom. The summed E-state index contributed by atoms with van der Waals surface area (Å²) < 4.78 is 9.76. The third-order valence-corrected chi connectivity index (χ3v) is 3.93. The minimum absolute atomic E-state index is 0.0658. The maximum atomic E-state index is 12.1. The number of carbonyl (C=O) groups is 2. The highest BCUT2D eigenvalue weighted by atomic mass is 16.5. The Bertz CT molecular complexity index is 308. The lowest BCUT2D eigenvalue weighted by Gasteiger charge is -2.23. The van der Waals surface area contributed by atoms with Crippen LogP contribution in [0.5, 0.6) is 0 Å². The fourth-order valence-corrected chi connectivity index (χ4v) is 2.95. The van der Waals surface area contributed by atoms with Gasteiger partial charge in [-0.05, 0) is 11.8 Å². The third kappa shape index (κ3) is 3.08. The second-order valence-corrected chi connectivity index (χ2v) is 5.80. The van der Waals surface area contributed by atoms with Gasteiger partial charge in [-0.25, -0.2) is 0 Å². The fraction of sp³-hybridized carbons (Fsp3) is 0.857. The van der Waals surface area contributed by atoms with Gasteiger partial charge in [0.1, 0.15) is 0 Å². The second-order valence-electron chi connectivity index (χ2n) is 5.80. The average Bonchev–Trinajstić information content (AvgIpc) is 2.77. The van der Waals surface area contributed by atoms with E-state index in [1.165, 1.54) is 14.2 Å². The molecule has 4 atom stereocenters. The molecule has 1 saturated heterocycles. The number of esters is 2. The molecular formula is C14H25NO4. The van der Waals surface area contributed by atoms with Crippen molar-refractivity contribution >= 4 is 11.9 Å². The van der Waals surface area contributed by atoms with Gasteiger partial charge in [-0.15, -0.1) is 0 Å². The topological polar surface area (TPSA) is 64.6 Å². The number of carbonyl (C=O) groups excluding carboxylic acids is 2. The quantitative estimate of drug-likeness (QED) is 0.779. The third-order valence-electron chi connectivity index (χ3n) is 3.93. The summed E-state index contributed by atoms with van der Waals surface area (Å²) in [6.07, 6.45) is 0. The molecule has 110 valence electrons. The van der Waals surface area contributed by atoms with Crippen LogP contribution in [-0.4, -0.2) is 38.2 Å². The normalized spacial score (nSPS) is 30.7. The molecular weight excluding hydrogens is 246 g/mol. The van der Waals surface area contributed by atoms with Crippen molar-refractivity contribution in [3.8, 4) is 0 Å². The molecule has 0 spiro atoms. The van der Waals surface area contributed by atoms with E-state index in [9.17, 15) is 9.59 Å². The molecule has 1 rings (SSSR count). The fourth-order valence-electron chi connectivity index (χ4n) is 2.95. The molecule has 1 aliphatic heterocycles. The zero-order chi connectivity index (χ0) is 14.7. The van der Waals surface area contributed by atoms with Gasteiger partial charge >= 0.3 is 11.9 Å². The van der Waals surface area contributed by atoms with Gasteiger partial charge in [-0.3, -0.25) is 9.59 Å². The van der Waals surface area contributed by atoms with E-state index in [2.05, 4.69) is 5.32 Å². The van der Waals surface area contributed by atoms with Crippen molar-refractivity contribution in [2.75, 3.05) is 14.2 Å². The van der Waals surface area contributed by atoms with Gasteiger partial charge in [0.15, 0.2) is 0 Å². The number of ether oxygens (including phenoxy) is 2. The molecule has 0 saturated carbocycles. The summed E-state index contributed by atoms with van der Waals surface area (Å²) in [5.41, 5.74) is 0. The Labute approximate surface area is 115 Å². The largest absolute Gasteiger partial charge is 0.469 e. The van der Waals surface area contributed by atoms with Crippen molar-refractivity contribution in [3.05, 3.63) is 0 Å². The van der Waals surface area contributed by atoms with Gasteiger partial charge in [0.05, 0.1) is 26.1 Å². The highest BCUT2D eigenvalue weighted by Crippen LogP contribution is 2.36. The van der Waals surface area contributed by atoms with Gasteiger partial charge in [0, 0.05) is 12.1 Å². The number of hydrogen-bond acceptors (Lipinski definition) is 5. The first-order valence-electron chi connectivity index (χ1n) is 6.76. The number of hydrogen-bond donors (Lipinski definition) is 1. The molecule has 0 unspecified atom stereocenters. The molecule has 1 N–H and O–H groups in total. The smallest absolute Gasteiger partial charge is 0.311 e. The van der Waals surface area contributed by atoms with Crippen molar-refractivity contribution in [1.29, 1.82) is 0 Å². The van der Waals surface area contributed by atoms with Gasteiger partial charge in [-0.1, -0.05) is 27.7 Å². The molecule has 0 aromatic carbocycles. The van der Waals surface area contributed by atoms with Gasteiger partial charge in [-0.2, -0.15) is 0 Å². The highest BCUT2D eigenvalue weighted by molar-refractivity contribution is 5.84. The lowest BCUT2D eigenvalue weighted by molar-refractivity contribution is -0.157. The van der Waals surface area contributed by atoms with Crippen molar-refractivity contribution in [1.82, 2.24) is 5.32 Å². The van der Waals surface area contributed by atoms with Gasteiger partial charge in [0.2, 0.25) is 0 Å². The first kappa shape index (κ1) is 16.0. The molecule has 5 heteroatoms. The molecule has 19 heavy (non-hydrogen) atoms. The maximum Gasteiger partial charge on any atom is 0.311 e. The molecule has 0 aromatic rings. The Morgan fingerprint density at radius 3 is 1.37 bits per heavy atom. The Morgan fingerprint density at radius 2 is 1.16 bits per heavy atom. The van der Waals surface area contributed by atoms with Crippen LogP contribution >= 0.6 is 0 Å². The van der Waals surface area contributed by atoms with Gasteiger partial charge in [0.25, 0.3) is 0 Å². The second kappa shape index (κ2) is 6.37. The standard InChI is InChI=1S/C14H25NO4/c1-7(2)11-9(13(16)18-5)10(14(17)19-6)12(15-11)8(3)4/h7-12,15H,1-6H3/t9-,10+,11-,12-/m0/s1. The van der Waals surface area contributed by atoms with E-state index in [1.54, 1.807) is 0 Å². The van der Waals surface area contributed by atoms with Crippen LogP contribution < -0.4 is 5.32 Å². The highest BCUT2D eigenvalue weighted by Gasteiger charge is 2.53. The average molecular weight is 271 g/mol. The van der Waals surface area contributed by atoms with Gasteiger partial charge < -0.3 is 14.8 Å². The summed E-state index contributed by atoms with van der Waals surface area (Å²) >= 11 is 0. The number of rotatable bonds is 4. The molecule has 0 aliphatic carbocycles. The monoisotopic (exact) mass is 271 g/mol. The van der Waals surface area contributed by atoms with Crippen LogP contribution in [0.15, 0.2) is 0 Å². The predicted molar refractivity (Wildman–Crippen MR) is 71.4 cm³/mol. The van der Waals surface area contributed by atoms with E-state index < -0.39 is 11.8 Å². The Hall–Kier alpha value is -1.10. The lowest BCUT2D eigenvalue weighted by atomic mass is 9.80. The van der Waals surface area contributed by atoms with E-state index in [4.69, 9.17) is 9.47 Å². The number of nitrogens with one attached hydrogen (secondary N) is 1. The maximum absolute atomic E-state index is 12.1. The Kier molecular flexibility index (Phi) is 5.35. The van der Waals surface area contributed by atoms with E-state index in [0.29, 0.717) is 0 Å². The van der Waals surface area contributed by atoms with E-state index in [-0.39, 0.29) is 35.9 Å². The summed E-state index contributed by atoms with van der Waals surface area (Å²) in [6, 6.07) is -0.132. The number of methoxy groups -OCH3 is 2. The summed E-state index contributed by atoms with van der Waals surface area (Å²) in [5.74, 6) is -1.18. The molecule has 5 nitrogen and oxygen atoms in total. The summed E-state index contributed by atoms with van der Waals surface area (Å²) in [6.45, 7) is 8.13. The van der Waals surface area contributed by atoms with Crippen LogP contribution in [0.2, 0.25) is 0 Å². The van der Waals surface area contributed by atoms with Crippen molar-refractivity contribution in [3.63, 3.8) is 0 Å². The zero-order valence-electron chi connectivity index (χ0n) is 12.6. The first-order chi connectivity index (χ1) is 8.84. The van der Waals surface area contributed by atoms with Crippen LogP contribution in [0.1, 0.15) is 27.7 Å². The van der Waals surface area contributed by atoms with E-state index in [1.807, 2.05) is 27.7 Å². The van der Waals surface area contributed by atoms with Crippen LogP contribution in [0.25, 0.3) is 0 Å². The predicted octanol–water partition coefficient (Wildman–Crippen LogP) is 1.22. The van der Waals surface area contributed by atoms with E-state index >= 15 is 0 Å². The summed E-state index contributed by atoms with van der Waals surface area (Å²) in [7, 11) is 2.72. The molecule has 1 fully saturated rings. The first-order valence-corrected chi connectivity index (χ1v) is 6.76. The summed E-state index contributed by atoms with van der Waals surface area (Å²) in [5, 5.41) is 3.42. The van der Waals surface area contributed by atoms with Crippen LogP contribution in [0.4, 0.5) is 0 Å². The zero-order valence-corrected chi connectivity index (χ0v) is 12.6. The van der Waals surface area contributed by atoms with Crippen LogP contribution in [0, 0.1) is 23.7 Å². The summed E-state index contributed by atoms with van der Waals surface area (Å²) in [4.78, 5) is 24.1. The molecule has 1 heterocycles. The molecule has 0 bridgehead atoms. The van der Waals surface area contributed by atoms with Crippen molar-refractivity contribution < 1.29 is 19.1 Å². The minimum Gasteiger partial charge on any atom is -0.469 e. The SMILES string of the molecule is COC(=O)[C@@H]1[C@H](C(=O)OC)[C@H](C(C)C)N[C@H]1C(C)C. The molecule has 0 radical (unpaired) electrons. The van der Waals surface area contributed by atoms with E-state index in [0.717, 1.165) is 0 Å². The van der Waals surface area contributed by atoms with Crippen molar-refractivity contribution in [2.24, 2.45) is 23.7 Å². The van der Waals surface area contributed by atoms with Crippen LogP contribution in [0.3, 0.4) is 0 Å². The molecule has 0 amide bonds. The Balaban J connectivity index is 3.14. The molecule has 0 aromatic heterocycles.